The third kappa shape index (κ3) is 3.34. The molecule has 2 aromatic carbocycles. The first-order valence-corrected chi connectivity index (χ1v) is 8.92. The Bertz CT molecular complexity index is 998. The molecule has 0 fully saturated rings. The molecular weight excluding hydrogens is 353 g/mol. The van der Waals surface area contributed by atoms with E-state index >= 15 is 0 Å². The molecule has 0 bridgehead atoms. The molecule has 0 aliphatic carbocycles. The predicted octanol–water partition coefficient (Wildman–Crippen LogP) is 4.09. The van der Waals surface area contributed by atoms with Gasteiger partial charge in [0.15, 0.2) is 5.13 Å². The fourth-order valence-electron chi connectivity index (χ4n) is 2.78. The summed E-state index contributed by atoms with van der Waals surface area (Å²) in [5.74, 6) is -0.573. The van der Waals surface area contributed by atoms with E-state index in [1.807, 2.05) is 5.38 Å². The van der Waals surface area contributed by atoms with Crippen LogP contribution in [0.2, 0.25) is 0 Å². The summed E-state index contributed by atoms with van der Waals surface area (Å²) in [5, 5.41) is 7.86. The maximum absolute atomic E-state index is 13.0. The number of anilines is 2. The van der Waals surface area contributed by atoms with Crippen molar-refractivity contribution in [1.82, 2.24) is 4.98 Å². The van der Waals surface area contributed by atoms with Crippen molar-refractivity contribution >= 4 is 34.0 Å². The van der Waals surface area contributed by atoms with Gasteiger partial charge in [0.05, 0.1) is 5.69 Å². The van der Waals surface area contributed by atoms with Gasteiger partial charge >= 0.3 is 0 Å². The highest BCUT2D eigenvalue weighted by molar-refractivity contribution is 7.14. The van der Waals surface area contributed by atoms with Crippen LogP contribution in [0.4, 0.5) is 15.2 Å². The quantitative estimate of drug-likeness (QED) is 0.733. The minimum Gasteiger partial charge on any atom is -0.326 e. The lowest BCUT2D eigenvalue weighted by atomic mass is 10.0. The highest BCUT2D eigenvalue weighted by Crippen LogP contribution is 2.27. The number of rotatable bonds is 3. The van der Waals surface area contributed by atoms with Crippen LogP contribution in [0, 0.1) is 5.82 Å². The summed E-state index contributed by atoms with van der Waals surface area (Å²) < 4.78 is 13.0. The fourth-order valence-corrected chi connectivity index (χ4v) is 3.49. The number of benzene rings is 2. The third-order valence-electron chi connectivity index (χ3n) is 4.13. The van der Waals surface area contributed by atoms with Crippen LogP contribution in [0.1, 0.15) is 22.3 Å². The average molecular weight is 367 g/mol. The van der Waals surface area contributed by atoms with E-state index in [4.69, 9.17) is 0 Å². The van der Waals surface area contributed by atoms with E-state index in [-0.39, 0.29) is 17.6 Å². The Hall–Kier alpha value is -3.06. The van der Waals surface area contributed by atoms with Gasteiger partial charge in [0.25, 0.3) is 5.91 Å². The van der Waals surface area contributed by atoms with E-state index in [1.165, 1.54) is 23.5 Å². The molecule has 0 radical (unpaired) electrons. The largest absolute Gasteiger partial charge is 0.326 e. The van der Waals surface area contributed by atoms with Gasteiger partial charge in [0.2, 0.25) is 5.91 Å². The van der Waals surface area contributed by atoms with Gasteiger partial charge in [-0.1, -0.05) is 0 Å². The van der Waals surface area contributed by atoms with Gasteiger partial charge in [-0.3, -0.25) is 14.9 Å². The summed E-state index contributed by atoms with van der Waals surface area (Å²) in [7, 11) is 0. The molecule has 2 amide bonds. The number of aromatic nitrogens is 1. The van der Waals surface area contributed by atoms with Crippen LogP contribution in [0.15, 0.2) is 47.8 Å². The lowest BCUT2D eigenvalue weighted by Gasteiger charge is -2.17. The number of nitrogens with zero attached hydrogens (tertiary/aromatic N) is 1. The Morgan fingerprint density at radius 3 is 2.77 bits per heavy atom. The second kappa shape index (κ2) is 6.68. The number of fused-ring (bicyclic) bond motifs is 1. The first kappa shape index (κ1) is 16.4. The zero-order valence-electron chi connectivity index (χ0n) is 13.6. The number of carbonyl (C=O) groups excluding carboxylic acids is 2. The first-order valence-electron chi connectivity index (χ1n) is 8.04. The van der Waals surface area contributed by atoms with Crippen LogP contribution in [-0.4, -0.2) is 16.8 Å². The molecule has 26 heavy (non-hydrogen) atoms. The summed E-state index contributed by atoms with van der Waals surface area (Å²) >= 11 is 1.31. The van der Waals surface area contributed by atoms with Gasteiger partial charge in [0.1, 0.15) is 5.82 Å². The zero-order valence-corrected chi connectivity index (χ0v) is 14.4. The number of hydrogen-bond acceptors (Lipinski definition) is 4. The zero-order chi connectivity index (χ0) is 18.1. The number of hydrogen-bond donors (Lipinski definition) is 2. The highest BCUT2D eigenvalue weighted by Gasteiger charge is 2.17. The monoisotopic (exact) mass is 367 g/mol. The standard InChI is InChI=1S/C19H14FN3O2S/c20-14-5-1-11(2-6-14)16-10-26-19(22-16)23-18(25)13-3-7-15-12(9-13)4-8-17(24)21-15/h1-3,5-7,9-10H,4,8H2,(H,21,24)(H,22,23,25). The van der Waals surface area contributed by atoms with Crippen molar-refractivity contribution in [3.05, 3.63) is 64.8 Å². The summed E-state index contributed by atoms with van der Waals surface area (Å²) in [5.41, 5.74) is 3.68. The normalized spacial score (nSPS) is 13.0. The molecule has 1 aromatic heterocycles. The van der Waals surface area contributed by atoms with Gasteiger partial charge in [-0.05, 0) is 54.4 Å². The molecule has 0 saturated carbocycles. The number of carbonyl (C=O) groups is 2. The third-order valence-corrected chi connectivity index (χ3v) is 4.89. The second-order valence-corrected chi connectivity index (χ2v) is 6.78. The number of halogens is 1. The average Bonchev–Trinajstić information content (AvgIpc) is 3.10. The van der Waals surface area contributed by atoms with Crippen molar-refractivity contribution in [3.8, 4) is 11.3 Å². The molecule has 130 valence electrons. The maximum atomic E-state index is 13.0. The molecule has 0 spiro atoms. The molecule has 5 nitrogen and oxygen atoms in total. The van der Waals surface area contributed by atoms with Crippen molar-refractivity contribution in [3.63, 3.8) is 0 Å². The molecule has 0 saturated heterocycles. The Balaban J connectivity index is 1.50. The number of thiazole rings is 1. The number of aryl methyl sites for hydroxylation is 1. The summed E-state index contributed by atoms with van der Waals surface area (Å²) in [6, 6.07) is 11.2. The Labute approximate surface area is 152 Å². The first-order chi connectivity index (χ1) is 12.6. The molecule has 2 heterocycles. The Kier molecular flexibility index (Phi) is 4.22. The summed E-state index contributed by atoms with van der Waals surface area (Å²) in [6.07, 6.45) is 1.04. The van der Waals surface area contributed by atoms with E-state index < -0.39 is 0 Å². The van der Waals surface area contributed by atoms with Crippen molar-refractivity contribution < 1.29 is 14.0 Å². The minimum absolute atomic E-state index is 0.00851. The molecule has 0 atom stereocenters. The summed E-state index contributed by atoms with van der Waals surface area (Å²) in [4.78, 5) is 28.3. The molecule has 7 heteroatoms. The Morgan fingerprint density at radius 2 is 1.96 bits per heavy atom. The van der Waals surface area contributed by atoms with Crippen LogP contribution >= 0.6 is 11.3 Å². The van der Waals surface area contributed by atoms with Crippen molar-refractivity contribution in [1.29, 1.82) is 0 Å². The van der Waals surface area contributed by atoms with Crippen LogP contribution in [0.3, 0.4) is 0 Å². The minimum atomic E-state index is -0.305. The van der Waals surface area contributed by atoms with E-state index in [9.17, 15) is 14.0 Å². The number of amides is 2. The maximum Gasteiger partial charge on any atom is 0.257 e. The van der Waals surface area contributed by atoms with Crippen LogP contribution in [0.5, 0.6) is 0 Å². The topological polar surface area (TPSA) is 71.1 Å². The lowest BCUT2D eigenvalue weighted by molar-refractivity contribution is -0.116. The fraction of sp³-hybridized carbons (Fsp3) is 0.105. The molecule has 3 aromatic rings. The van der Waals surface area contributed by atoms with Crippen LogP contribution in [0.25, 0.3) is 11.3 Å². The number of nitrogens with one attached hydrogen (secondary N) is 2. The van der Waals surface area contributed by atoms with Crippen molar-refractivity contribution in [2.75, 3.05) is 10.6 Å². The molecule has 1 aliphatic heterocycles. The molecule has 2 N–H and O–H groups in total. The van der Waals surface area contributed by atoms with E-state index in [1.54, 1.807) is 30.3 Å². The van der Waals surface area contributed by atoms with E-state index in [0.717, 1.165) is 16.8 Å². The van der Waals surface area contributed by atoms with Gasteiger partial charge in [-0.2, -0.15) is 0 Å². The van der Waals surface area contributed by atoms with Crippen LogP contribution < -0.4 is 10.6 Å². The molecule has 1 aliphatic rings. The van der Waals surface area contributed by atoms with Gasteiger partial charge in [-0.25, -0.2) is 9.37 Å². The highest BCUT2D eigenvalue weighted by atomic mass is 32.1. The van der Waals surface area contributed by atoms with Crippen LogP contribution in [-0.2, 0) is 11.2 Å². The SMILES string of the molecule is O=C1CCc2cc(C(=O)Nc3nc(-c4ccc(F)cc4)cs3)ccc2N1. The predicted molar refractivity (Wildman–Crippen MR) is 98.9 cm³/mol. The second-order valence-electron chi connectivity index (χ2n) is 5.92. The molecular formula is C19H14FN3O2S. The van der Waals surface area contributed by atoms with Gasteiger partial charge in [0, 0.05) is 28.6 Å². The van der Waals surface area contributed by atoms with Gasteiger partial charge in [-0.15, -0.1) is 11.3 Å². The molecule has 4 rings (SSSR count). The van der Waals surface area contributed by atoms with Crippen molar-refractivity contribution in [2.24, 2.45) is 0 Å². The van der Waals surface area contributed by atoms with E-state index in [2.05, 4.69) is 15.6 Å². The van der Waals surface area contributed by atoms with Crippen molar-refractivity contribution in [2.45, 2.75) is 12.8 Å². The lowest BCUT2D eigenvalue weighted by Crippen LogP contribution is -2.20. The van der Waals surface area contributed by atoms with Gasteiger partial charge < -0.3 is 5.32 Å². The smallest absolute Gasteiger partial charge is 0.257 e. The summed E-state index contributed by atoms with van der Waals surface area (Å²) in [6.45, 7) is 0. The van der Waals surface area contributed by atoms with E-state index in [0.29, 0.717) is 29.2 Å². The Morgan fingerprint density at radius 1 is 1.15 bits per heavy atom. The molecule has 0 unspecified atom stereocenters.